The Morgan fingerprint density at radius 3 is 2.78 bits per heavy atom. The molecule has 1 heterocycles. The predicted molar refractivity (Wildman–Crippen MR) is 72.7 cm³/mol. The molecule has 0 bridgehead atoms. The van der Waals surface area contributed by atoms with Gasteiger partial charge in [0.15, 0.2) is 0 Å². The number of carbonyl (C=O) groups excluding carboxylic acids is 1. The summed E-state index contributed by atoms with van der Waals surface area (Å²) in [5.74, 6) is 0. The van der Waals surface area contributed by atoms with Gasteiger partial charge >= 0.3 is 6.09 Å². The summed E-state index contributed by atoms with van der Waals surface area (Å²) in [6, 6.07) is 0.586. The molecule has 0 saturated carbocycles. The van der Waals surface area contributed by atoms with Gasteiger partial charge in [-0.25, -0.2) is 4.79 Å². The van der Waals surface area contributed by atoms with Gasteiger partial charge in [0.2, 0.25) is 0 Å². The minimum absolute atomic E-state index is 0.0711. The molecule has 2 unspecified atom stereocenters. The van der Waals surface area contributed by atoms with Gasteiger partial charge in [0.25, 0.3) is 0 Å². The molecule has 5 heteroatoms. The van der Waals surface area contributed by atoms with E-state index in [1.165, 1.54) is 12.8 Å². The first-order valence-corrected chi connectivity index (χ1v) is 6.80. The average Bonchev–Trinajstić information content (AvgIpc) is 2.25. The van der Waals surface area contributed by atoms with E-state index in [1.807, 2.05) is 27.7 Å². The summed E-state index contributed by atoms with van der Waals surface area (Å²) >= 11 is 0. The Hall–Kier alpha value is -0.810. The van der Waals surface area contributed by atoms with Crippen molar-refractivity contribution in [2.75, 3.05) is 19.6 Å². The normalized spacial score (nSPS) is 22.3. The van der Waals surface area contributed by atoms with Gasteiger partial charge in [0, 0.05) is 25.2 Å². The highest BCUT2D eigenvalue weighted by atomic mass is 16.6. The number of carbonyl (C=O) groups is 1. The highest BCUT2D eigenvalue weighted by molar-refractivity contribution is 5.68. The molecule has 1 amide bonds. The minimum atomic E-state index is -0.440. The van der Waals surface area contributed by atoms with Crippen LogP contribution in [0.2, 0.25) is 0 Å². The molecule has 106 valence electrons. The maximum atomic E-state index is 11.5. The summed E-state index contributed by atoms with van der Waals surface area (Å²) < 4.78 is 5.21. The van der Waals surface area contributed by atoms with Gasteiger partial charge in [-0.3, -0.25) is 0 Å². The smallest absolute Gasteiger partial charge is 0.407 e. The van der Waals surface area contributed by atoms with E-state index in [9.17, 15) is 4.79 Å². The van der Waals surface area contributed by atoms with Gasteiger partial charge in [-0.05, 0) is 47.1 Å². The molecule has 0 spiro atoms. The maximum absolute atomic E-state index is 11.5. The van der Waals surface area contributed by atoms with Crippen molar-refractivity contribution in [3.05, 3.63) is 0 Å². The minimum Gasteiger partial charge on any atom is -0.444 e. The van der Waals surface area contributed by atoms with Gasteiger partial charge < -0.3 is 20.7 Å². The summed E-state index contributed by atoms with van der Waals surface area (Å²) in [4.78, 5) is 11.5. The highest BCUT2D eigenvalue weighted by Gasteiger charge is 2.18. The first-order valence-electron chi connectivity index (χ1n) is 6.80. The number of piperidine rings is 1. The van der Waals surface area contributed by atoms with Crippen molar-refractivity contribution in [2.24, 2.45) is 0 Å². The monoisotopic (exact) mass is 257 g/mol. The number of ether oxygens (including phenoxy) is 1. The Morgan fingerprint density at radius 1 is 1.50 bits per heavy atom. The van der Waals surface area contributed by atoms with Crippen LogP contribution in [0.3, 0.4) is 0 Å². The topological polar surface area (TPSA) is 62.4 Å². The van der Waals surface area contributed by atoms with Gasteiger partial charge in [0.05, 0.1) is 0 Å². The van der Waals surface area contributed by atoms with Crippen molar-refractivity contribution < 1.29 is 9.53 Å². The van der Waals surface area contributed by atoms with E-state index in [4.69, 9.17) is 4.74 Å². The zero-order valence-electron chi connectivity index (χ0n) is 12.0. The second kappa shape index (κ2) is 6.95. The largest absolute Gasteiger partial charge is 0.444 e. The van der Waals surface area contributed by atoms with Gasteiger partial charge in [-0.15, -0.1) is 0 Å². The number of hydrogen-bond acceptors (Lipinski definition) is 4. The lowest BCUT2D eigenvalue weighted by Crippen LogP contribution is -2.49. The van der Waals surface area contributed by atoms with E-state index in [0.29, 0.717) is 6.04 Å². The van der Waals surface area contributed by atoms with Crippen molar-refractivity contribution in [3.8, 4) is 0 Å². The van der Waals surface area contributed by atoms with Crippen molar-refractivity contribution in [3.63, 3.8) is 0 Å². The van der Waals surface area contributed by atoms with Gasteiger partial charge in [-0.1, -0.05) is 0 Å². The Bertz CT molecular complexity index is 257. The lowest BCUT2D eigenvalue weighted by Gasteiger charge is -2.26. The van der Waals surface area contributed by atoms with Crippen LogP contribution in [0, 0.1) is 0 Å². The number of rotatable bonds is 4. The molecule has 2 atom stereocenters. The molecule has 1 fully saturated rings. The molecule has 18 heavy (non-hydrogen) atoms. The molecule has 3 N–H and O–H groups in total. The number of nitrogens with one attached hydrogen (secondary N) is 3. The summed E-state index contributed by atoms with van der Waals surface area (Å²) in [5, 5.41) is 9.64. The van der Waals surface area contributed by atoms with E-state index >= 15 is 0 Å². The molecule has 1 aliphatic heterocycles. The molecule has 1 saturated heterocycles. The third-order valence-corrected chi connectivity index (χ3v) is 2.77. The average molecular weight is 257 g/mol. The number of alkyl carbamates (subject to hydrolysis) is 1. The van der Waals surface area contributed by atoms with E-state index in [-0.39, 0.29) is 12.1 Å². The van der Waals surface area contributed by atoms with Crippen LogP contribution in [0.1, 0.15) is 40.5 Å². The highest BCUT2D eigenvalue weighted by Crippen LogP contribution is 2.06. The third-order valence-electron chi connectivity index (χ3n) is 2.77. The zero-order chi connectivity index (χ0) is 13.6. The molecule has 0 aliphatic carbocycles. The summed E-state index contributed by atoms with van der Waals surface area (Å²) in [7, 11) is 0. The first kappa shape index (κ1) is 15.2. The summed E-state index contributed by atoms with van der Waals surface area (Å²) in [5.41, 5.74) is -0.440. The second-order valence-corrected chi connectivity index (χ2v) is 6.00. The van der Waals surface area contributed by atoms with Crippen LogP contribution in [0.25, 0.3) is 0 Å². The fourth-order valence-electron chi connectivity index (χ4n) is 1.93. The molecular formula is C13H27N3O2. The van der Waals surface area contributed by atoms with Crippen LogP contribution in [0.4, 0.5) is 4.79 Å². The predicted octanol–water partition coefficient (Wildman–Crippen LogP) is 1.24. The SMILES string of the molecule is CC(CNC1CCCNC1)NC(=O)OC(C)(C)C. The molecule has 0 aromatic carbocycles. The van der Waals surface area contributed by atoms with Gasteiger partial charge in [-0.2, -0.15) is 0 Å². The van der Waals surface area contributed by atoms with E-state index < -0.39 is 5.60 Å². The number of hydrogen-bond donors (Lipinski definition) is 3. The van der Waals surface area contributed by atoms with Crippen LogP contribution in [-0.4, -0.2) is 43.4 Å². The Labute approximate surface area is 110 Å². The second-order valence-electron chi connectivity index (χ2n) is 6.00. The van der Waals surface area contributed by atoms with Crippen LogP contribution >= 0.6 is 0 Å². The van der Waals surface area contributed by atoms with Crippen LogP contribution in [-0.2, 0) is 4.74 Å². The summed E-state index contributed by atoms with van der Waals surface area (Å²) in [6.45, 7) is 10.5. The Morgan fingerprint density at radius 2 is 2.22 bits per heavy atom. The molecule has 0 aromatic rings. The van der Waals surface area contributed by atoms with E-state index in [1.54, 1.807) is 0 Å². The Balaban J connectivity index is 2.16. The molecule has 0 radical (unpaired) electrons. The third kappa shape index (κ3) is 6.81. The fourth-order valence-corrected chi connectivity index (χ4v) is 1.93. The fraction of sp³-hybridized carbons (Fsp3) is 0.923. The standard InChI is InChI=1S/C13H27N3O2/c1-10(16-12(17)18-13(2,3)4)8-15-11-6-5-7-14-9-11/h10-11,14-15H,5-9H2,1-4H3,(H,16,17). The van der Waals surface area contributed by atoms with Crippen molar-refractivity contribution in [2.45, 2.75) is 58.2 Å². The Kier molecular flexibility index (Phi) is 5.88. The quantitative estimate of drug-likeness (QED) is 0.709. The first-order chi connectivity index (χ1) is 8.37. The lowest BCUT2D eigenvalue weighted by atomic mass is 10.1. The van der Waals surface area contributed by atoms with E-state index in [2.05, 4.69) is 16.0 Å². The van der Waals surface area contributed by atoms with E-state index in [0.717, 1.165) is 19.6 Å². The molecule has 0 aromatic heterocycles. The molecule has 5 nitrogen and oxygen atoms in total. The molecular weight excluding hydrogens is 230 g/mol. The zero-order valence-corrected chi connectivity index (χ0v) is 12.0. The molecule has 1 aliphatic rings. The van der Waals surface area contributed by atoms with Crippen molar-refractivity contribution in [1.29, 1.82) is 0 Å². The van der Waals surface area contributed by atoms with Crippen molar-refractivity contribution >= 4 is 6.09 Å². The number of amides is 1. The van der Waals surface area contributed by atoms with Gasteiger partial charge in [0.1, 0.15) is 5.60 Å². The summed E-state index contributed by atoms with van der Waals surface area (Å²) in [6.07, 6.45) is 2.07. The van der Waals surface area contributed by atoms with Crippen molar-refractivity contribution in [1.82, 2.24) is 16.0 Å². The lowest BCUT2D eigenvalue weighted by molar-refractivity contribution is 0.0507. The maximum Gasteiger partial charge on any atom is 0.407 e. The van der Waals surface area contributed by atoms with Crippen LogP contribution in [0.15, 0.2) is 0 Å². The van der Waals surface area contributed by atoms with Crippen LogP contribution in [0.5, 0.6) is 0 Å². The molecule has 1 rings (SSSR count). The van der Waals surface area contributed by atoms with Crippen LogP contribution < -0.4 is 16.0 Å².